The molecule has 0 unspecified atom stereocenters. The number of hydrogen-bond donors (Lipinski definition) is 1. The van der Waals surface area contributed by atoms with Gasteiger partial charge in [0, 0.05) is 50.7 Å². The molecule has 27 heavy (non-hydrogen) atoms. The number of nitrogens with one attached hydrogen (secondary N) is 1. The zero-order valence-electron chi connectivity index (χ0n) is 16.1. The Morgan fingerprint density at radius 3 is 2.48 bits per heavy atom. The Labute approximate surface area is 160 Å². The number of aromatic nitrogens is 1. The molecular weight excluding hydrogens is 338 g/mol. The molecule has 2 aromatic rings. The van der Waals surface area contributed by atoms with Gasteiger partial charge in [0.05, 0.1) is 12.3 Å². The summed E-state index contributed by atoms with van der Waals surface area (Å²) in [6, 6.07) is 12.5. The van der Waals surface area contributed by atoms with Gasteiger partial charge < -0.3 is 0 Å². The van der Waals surface area contributed by atoms with Gasteiger partial charge in [-0.2, -0.15) is 5.10 Å². The molecule has 1 aromatic carbocycles. The monoisotopic (exact) mass is 365 g/mol. The van der Waals surface area contributed by atoms with Crippen molar-refractivity contribution in [3.05, 3.63) is 65.5 Å². The topological polar surface area (TPSA) is 60.8 Å². The molecule has 0 atom stereocenters. The molecule has 1 amide bonds. The van der Waals surface area contributed by atoms with Gasteiger partial charge in [0.15, 0.2) is 0 Å². The van der Waals surface area contributed by atoms with Crippen molar-refractivity contribution in [2.75, 3.05) is 32.7 Å². The van der Waals surface area contributed by atoms with E-state index in [-0.39, 0.29) is 5.91 Å². The number of hydrogen-bond acceptors (Lipinski definition) is 5. The number of amides is 1. The zero-order chi connectivity index (χ0) is 19.1. The van der Waals surface area contributed by atoms with Crippen LogP contribution in [0.1, 0.15) is 23.6 Å². The molecule has 142 valence electrons. The predicted octanol–water partition coefficient (Wildman–Crippen LogP) is 2.05. The lowest BCUT2D eigenvalue weighted by atomic mass is 10.1. The number of rotatable bonds is 6. The first-order chi connectivity index (χ1) is 13.1. The van der Waals surface area contributed by atoms with Crippen LogP contribution in [0.5, 0.6) is 0 Å². The van der Waals surface area contributed by atoms with Crippen LogP contribution < -0.4 is 5.43 Å². The normalized spacial score (nSPS) is 16.3. The Hall–Kier alpha value is -2.57. The van der Waals surface area contributed by atoms with Crippen LogP contribution in [0.2, 0.25) is 0 Å². The number of carbonyl (C=O) groups is 1. The summed E-state index contributed by atoms with van der Waals surface area (Å²) in [6.45, 7) is 9.04. The fourth-order valence-corrected chi connectivity index (χ4v) is 3.08. The number of pyridine rings is 1. The Balaban J connectivity index is 1.41. The SMILES string of the molecule is CC(=NNC(=O)CN1CCN(Cc2ccc(C)cc2)CC1)c1cccnc1. The van der Waals surface area contributed by atoms with Crippen LogP contribution in [-0.4, -0.2) is 59.1 Å². The minimum atomic E-state index is -0.0785. The lowest BCUT2D eigenvalue weighted by molar-refractivity contribution is -0.122. The number of piperazine rings is 1. The molecule has 6 nitrogen and oxygen atoms in total. The van der Waals surface area contributed by atoms with Crippen molar-refractivity contribution in [2.45, 2.75) is 20.4 Å². The van der Waals surface area contributed by atoms with Crippen LogP contribution in [0.15, 0.2) is 53.9 Å². The maximum absolute atomic E-state index is 12.2. The van der Waals surface area contributed by atoms with Crippen LogP contribution in [-0.2, 0) is 11.3 Å². The van der Waals surface area contributed by atoms with Gasteiger partial charge in [0.1, 0.15) is 0 Å². The average molecular weight is 365 g/mol. The smallest absolute Gasteiger partial charge is 0.254 e. The van der Waals surface area contributed by atoms with Crippen LogP contribution in [0, 0.1) is 6.92 Å². The first-order valence-corrected chi connectivity index (χ1v) is 9.34. The van der Waals surface area contributed by atoms with E-state index in [9.17, 15) is 4.79 Å². The van der Waals surface area contributed by atoms with Gasteiger partial charge in [-0.3, -0.25) is 19.6 Å². The molecule has 3 rings (SSSR count). The van der Waals surface area contributed by atoms with Crippen LogP contribution >= 0.6 is 0 Å². The molecule has 1 N–H and O–H groups in total. The summed E-state index contributed by atoms with van der Waals surface area (Å²) in [5, 5.41) is 4.18. The largest absolute Gasteiger partial charge is 0.297 e. The third-order valence-corrected chi connectivity index (χ3v) is 4.79. The van der Waals surface area contributed by atoms with Crippen molar-refractivity contribution in [3.63, 3.8) is 0 Å². The van der Waals surface area contributed by atoms with Crippen LogP contribution in [0.3, 0.4) is 0 Å². The number of benzene rings is 1. The summed E-state index contributed by atoms with van der Waals surface area (Å²) in [5.74, 6) is -0.0785. The van der Waals surface area contributed by atoms with Crippen molar-refractivity contribution in [2.24, 2.45) is 5.10 Å². The highest BCUT2D eigenvalue weighted by Crippen LogP contribution is 2.09. The molecule has 0 spiro atoms. The van der Waals surface area contributed by atoms with Crippen molar-refractivity contribution in [3.8, 4) is 0 Å². The second-order valence-electron chi connectivity index (χ2n) is 7.01. The van der Waals surface area contributed by atoms with E-state index in [2.05, 4.69) is 56.5 Å². The average Bonchev–Trinajstić information content (AvgIpc) is 2.70. The van der Waals surface area contributed by atoms with Gasteiger partial charge in [-0.1, -0.05) is 35.9 Å². The lowest BCUT2D eigenvalue weighted by Crippen LogP contribution is -2.48. The molecule has 0 radical (unpaired) electrons. The first-order valence-electron chi connectivity index (χ1n) is 9.34. The molecule has 0 saturated carbocycles. The Kier molecular flexibility index (Phi) is 6.68. The highest BCUT2D eigenvalue weighted by atomic mass is 16.2. The van der Waals surface area contributed by atoms with E-state index in [1.165, 1.54) is 11.1 Å². The molecule has 1 aromatic heterocycles. The third kappa shape index (κ3) is 5.98. The maximum Gasteiger partial charge on any atom is 0.254 e. The summed E-state index contributed by atoms with van der Waals surface area (Å²) >= 11 is 0. The van der Waals surface area contributed by atoms with Crippen LogP contribution in [0.25, 0.3) is 0 Å². The van der Waals surface area contributed by atoms with Gasteiger partial charge >= 0.3 is 0 Å². The highest BCUT2D eigenvalue weighted by molar-refractivity contribution is 5.98. The van der Waals surface area contributed by atoms with Gasteiger partial charge in [0.2, 0.25) is 0 Å². The van der Waals surface area contributed by atoms with E-state index in [1.54, 1.807) is 12.4 Å². The molecule has 0 bridgehead atoms. The van der Waals surface area contributed by atoms with E-state index in [0.717, 1.165) is 44.0 Å². The van der Waals surface area contributed by atoms with Crippen molar-refractivity contribution < 1.29 is 4.79 Å². The molecule has 1 aliphatic rings. The molecule has 6 heteroatoms. The number of carbonyl (C=O) groups excluding carboxylic acids is 1. The summed E-state index contributed by atoms with van der Waals surface area (Å²) in [4.78, 5) is 20.8. The maximum atomic E-state index is 12.2. The van der Waals surface area contributed by atoms with Crippen molar-refractivity contribution >= 4 is 11.6 Å². The summed E-state index contributed by atoms with van der Waals surface area (Å²) < 4.78 is 0. The first kappa shape index (κ1) is 19.2. The standard InChI is InChI=1S/C21H27N5O/c1-17-5-7-19(8-6-17)15-25-10-12-26(13-11-25)16-21(27)24-23-18(2)20-4-3-9-22-14-20/h3-9,14H,10-13,15-16H2,1-2H3,(H,24,27). The number of hydrazone groups is 1. The lowest BCUT2D eigenvalue weighted by Gasteiger charge is -2.34. The fraction of sp³-hybridized carbons (Fsp3) is 0.381. The zero-order valence-corrected chi connectivity index (χ0v) is 16.1. The summed E-state index contributed by atoms with van der Waals surface area (Å²) in [6.07, 6.45) is 3.45. The van der Waals surface area contributed by atoms with E-state index in [4.69, 9.17) is 0 Å². The molecular formula is C21H27N5O. The van der Waals surface area contributed by atoms with E-state index in [1.807, 2.05) is 19.1 Å². The van der Waals surface area contributed by atoms with Crippen LogP contribution in [0.4, 0.5) is 0 Å². The quantitative estimate of drug-likeness (QED) is 0.629. The second kappa shape index (κ2) is 9.39. The number of aryl methyl sites for hydroxylation is 1. The Bertz CT molecular complexity index is 765. The van der Waals surface area contributed by atoms with Crippen molar-refractivity contribution in [1.82, 2.24) is 20.2 Å². The molecule has 2 heterocycles. The Morgan fingerprint density at radius 1 is 1.11 bits per heavy atom. The molecule has 1 fully saturated rings. The van der Waals surface area contributed by atoms with Gasteiger partial charge in [-0.15, -0.1) is 0 Å². The molecule has 1 aliphatic heterocycles. The minimum absolute atomic E-state index is 0.0785. The Morgan fingerprint density at radius 2 is 1.81 bits per heavy atom. The second-order valence-corrected chi connectivity index (χ2v) is 7.01. The van der Waals surface area contributed by atoms with Crippen molar-refractivity contribution in [1.29, 1.82) is 0 Å². The molecule has 1 saturated heterocycles. The molecule has 0 aliphatic carbocycles. The minimum Gasteiger partial charge on any atom is -0.297 e. The van der Waals surface area contributed by atoms with E-state index >= 15 is 0 Å². The number of nitrogens with zero attached hydrogens (tertiary/aromatic N) is 4. The van der Waals surface area contributed by atoms with Gasteiger partial charge in [-0.05, 0) is 25.5 Å². The third-order valence-electron chi connectivity index (χ3n) is 4.79. The highest BCUT2D eigenvalue weighted by Gasteiger charge is 2.18. The fourth-order valence-electron chi connectivity index (χ4n) is 3.08. The van der Waals surface area contributed by atoms with E-state index in [0.29, 0.717) is 6.54 Å². The summed E-state index contributed by atoms with van der Waals surface area (Å²) in [5.41, 5.74) is 6.93. The van der Waals surface area contributed by atoms with Gasteiger partial charge in [-0.25, -0.2) is 5.43 Å². The summed E-state index contributed by atoms with van der Waals surface area (Å²) in [7, 11) is 0. The van der Waals surface area contributed by atoms with E-state index < -0.39 is 0 Å². The predicted molar refractivity (Wildman–Crippen MR) is 107 cm³/mol. The van der Waals surface area contributed by atoms with Gasteiger partial charge in [0.25, 0.3) is 5.91 Å².